The lowest BCUT2D eigenvalue weighted by Crippen LogP contribution is -2.27. The molecule has 0 spiro atoms. The van der Waals surface area contributed by atoms with Gasteiger partial charge in [0, 0.05) is 37.8 Å². The van der Waals surface area contributed by atoms with Crippen LogP contribution in [0.25, 0.3) is 0 Å². The summed E-state index contributed by atoms with van der Waals surface area (Å²) in [5, 5.41) is 6.09. The maximum atomic E-state index is 11.7. The van der Waals surface area contributed by atoms with Crippen LogP contribution in [0, 0.1) is 5.92 Å². The molecule has 28 heavy (non-hydrogen) atoms. The van der Waals surface area contributed by atoms with Crippen LogP contribution >= 0.6 is 0 Å². The lowest BCUT2D eigenvalue weighted by Gasteiger charge is -2.08. The van der Waals surface area contributed by atoms with Gasteiger partial charge in [-0.05, 0) is 25.8 Å². The first-order valence-electron chi connectivity index (χ1n) is 10.5. The number of ketones is 2. The van der Waals surface area contributed by atoms with Crippen molar-refractivity contribution in [2.24, 2.45) is 5.92 Å². The van der Waals surface area contributed by atoms with Crippen molar-refractivity contribution in [3.05, 3.63) is 0 Å². The molecule has 0 aliphatic rings. The Morgan fingerprint density at radius 3 is 2.11 bits per heavy atom. The molecule has 0 aliphatic carbocycles. The maximum absolute atomic E-state index is 11.7. The number of Topliss-reactive ketones (excluding diaryl/α,β-unsaturated/α-hetero) is 2. The summed E-state index contributed by atoms with van der Waals surface area (Å²) in [6.45, 7) is 10.5. The zero-order valence-electron chi connectivity index (χ0n) is 18.2. The first kappa shape index (κ1) is 26.7. The van der Waals surface area contributed by atoms with Gasteiger partial charge in [0.25, 0.3) is 0 Å². The van der Waals surface area contributed by atoms with Crippen molar-refractivity contribution in [1.29, 1.82) is 0 Å². The number of ether oxygens (including phenoxy) is 2. The van der Waals surface area contributed by atoms with Gasteiger partial charge in [0.05, 0.1) is 19.8 Å². The van der Waals surface area contributed by atoms with Gasteiger partial charge in [0.2, 0.25) is 5.91 Å². The molecule has 164 valence electrons. The summed E-state index contributed by atoms with van der Waals surface area (Å²) in [4.78, 5) is 34.8. The van der Waals surface area contributed by atoms with E-state index in [0.717, 1.165) is 25.8 Å². The van der Waals surface area contributed by atoms with Crippen molar-refractivity contribution < 1.29 is 23.9 Å². The van der Waals surface area contributed by atoms with Crippen molar-refractivity contribution in [2.45, 2.75) is 72.3 Å². The summed E-state index contributed by atoms with van der Waals surface area (Å²) < 4.78 is 10.6. The molecule has 0 heterocycles. The monoisotopic (exact) mass is 400 g/mol. The topological polar surface area (TPSA) is 93.7 Å². The third kappa shape index (κ3) is 18.1. The lowest BCUT2D eigenvalue weighted by molar-refractivity contribution is -0.127. The van der Waals surface area contributed by atoms with Crippen LogP contribution in [0.2, 0.25) is 0 Å². The zero-order valence-corrected chi connectivity index (χ0v) is 18.2. The third-order valence-corrected chi connectivity index (χ3v) is 4.12. The molecule has 0 saturated carbocycles. The Balaban J connectivity index is 3.39. The number of hydrogen-bond acceptors (Lipinski definition) is 6. The minimum absolute atomic E-state index is 0.0127. The first-order chi connectivity index (χ1) is 13.3. The molecular weight excluding hydrogens is 360 g/mol. The predicted octanol–water partition coefficient (Wildman–Crippen LogP) is 2.27. The van der Waals surface area contributed by atoms with E-state index < -0.39 is 0 Å². The van der Waals surface area contributed by atoms with Gasteiger partial charge in [0.15, 0.2) is 5.78 Å². The van der Waals surface area contributed by atoms with Crippen molar-refractivity contribution in [3.8, 4) is 0 Å². The van der Waals surface area contributed by atoms with E-state index in [1.165, 1.54) is 0 Å². The fourth-order valence-electron chi connectivity index (χ4n) is 2.32. The van der Waals surface area contributed by atoms with Gasteiger partial charge in [0.1, 0.15) is 12.4 Å². The van der Waals surface area contributed by atoms with Gasteiger partial charge < -0.3 is 20.1 Å². The van der Waals surface area contributed by atoms with Gasteiger partial charge >= 0.3 is 0 Å². The summed E-state index contributed by atoms with van der Waals surface area (Å²) in [6, 6.07) is 0.452. The standard InChI is InChI=1S/C21H40N2O5/c1-17(2)20(25)16-28-15-14-27-13-12-23-21(26)10-6-5-8-19(24)9-7-11-22-18(3)4/h17-18,22H,5-16H2,1-4H3,(H,23,26). The molecule has 7 nitrogen and oxygen atoms in total. The summed E-state index contributed by atoms with van der Waals surface area (Å²) >= 11 is 0. The van der Waals surface area contributed by atoms with Crippen molar-refractivity contribution in [1.82, 2.24) is 10.6 Å². The molecule has 0 aromatic rings. The van der Waals surface area contributed by atoms with Crippen molar-refractivity contribution in [3.63, 3.8) is 0 Å². The van der Waals surface area contributed by atoms with E-state index >= 15 is 0 Å². The van der Waals surface area contributed by atoms with E-state index in [4.69, 9.17) is 9.47 Å². The predicted molar refractivity (Wildman–Crippen MR) is 110 cm³/mol. The molecule has 0 aliphatic heterocycles. The molecular formula is C21H40N2O5. The number of rotatable bonds is 19. The molecule has 1 amide bonds. The summed E-state index contributed by atoms with van der Waals surface area (Å²) in [7, 11) is 0. The minimum atomic E-state index is -0.0176. The second-order valence-corrected chi connectivity index (χ2v) is 7.59. The van der Waals surface area contributed by atoms with Crippen LogP contribution in [-0.4, -0.2) is 63.0 Å². The van der Waals surface area contributed by atoms with Crippen LogP contribution in [0.5, 0.6) is 0 Å². The molecule has 0 aromatic carbocycles. The highest BCUT2D eigenvalue weighted by atomic mass is 16.5. The van der Waals surface area contributed by atoms with Crippen LogP contribution in [0.4, 0.5) is 0 Å². The Bertz CT molecular complexity index is 439. The van der Waals surface area contributed by atoms with Crippen molar-refractivity contribution >= 4 is 17.5 Å². The Kier molecular flexibility index (Phi) is 16.9. The van der Waals surface area contributed by atoms with Crippen LogP contribution < -0.4 is 10.6 Å². The van der Waals surface area contributed by atoms with Gasteiger partial charge in [-0.2, -0.15) is 0 Å². The Labute approximate surface area is 170 Å². The molecule has 0 bridgehead atoms. The summed E-state index contributed by atoms with van der Waals surface area (Å²) in [5.74, 6) is 0.325. The molecule has 0 aromatic heterocycles. The normalized spacial score (nSPS) is 11.2. The van der Waals surface area contributed by atoms with Crippen molar-refractivity contribution in [2.75, 3.05) is 39.5 Å². The van der Waals surface area contributed by atoms with Crippen LogP contribution in [-0.2, 0) is 23.9 Å². The van der Waals surface area contributed by atoms with Gasteiger partial charge in [-0.1, -0.05) is 27.7 Å². The molecule has 0 fully saturated rings. The number of carbonyl (C=O) groups is 3. The molecule has 0 rings (SSSR count). The Morgan fingerprint density at radius 1 is 0.786 bits per heavy atom. The molecule has 0 atom stereocenters. The van der Waals surface area contributed by atoms with Crippen LogP contribution in [0.15, 0.2) is 0 Å². The average Bonchev–Trinajstić information content (AvgIpc) is 2.64. The third-order valence-electron chi connectivity index (χ3n) is 4.12. The number of nitrogens with one attached hydrogen (secondary N) is 2. The quantitative estimate of drug-likeness (QED) is 0.323. The van der Waals surface area contributed by atoms with Gasteiger partial charge in [-0.25, -0.2) is 0 Å². The molecule has 0 saturated heterocycles. The zero-order chi connectivity index (χ0) is 21.2. The molecule has 0 radical (unpaired) electrons. The maximum Gasteiger partial charge on any atom is 0.220 e. The fourth-order valence-corrected chi connectivity index (χ4v) is 2.32. The minimum Gasteiger partial charge on any atom is -0.377 e. The van der Waals surface area contributed by atoms with E-state index in [2.05, 4.69) is 24.5 Å². The lowest BCUT2D eigenvalue weighted by atomic mass is 10.1. The van der Waals surface area contributed by atoms with E-state index in [0.29, 0.717) is 51.7 Å². The largest absolute Gasteiger partial charge is 0.377 e. The smallest absolute Gasteiger partial charge is 0.220 e. The number of carbonyl (C=O) groups excluding carboxylic acids is 3. The Hall–Kier alpha value is -1.31. The number of hydrogen-bond donors (Lipinski definition) is 2. The highest BCUT2D eigenvalue weighted by Crippen LogP contribution is 2.04. The van der Waals surface area contributed by atoms with E-state index in [-0.39, 0.29) is 30.0 Å². The fraction of sp³-hybridized carbons (Fsp3) is 0.857. The van der Waals surface area contributed by atoms with Gasteiger partial charge in [-0.15, -0.1) is 0 Å². The SMILES string of the molecule is CC(C)NCCCC(=O)CCCCC(=O)NCCOCCOCC(=O)C(C)C. The van der Waals surface area contributed by atoms with E-state index in [9.17, 15) is 14.4 Å². The molecule has 7 heteroatoms. The van der Waals surface area contributed by atoms with Crippen LogP contribution in [0.1, 0.15) is 66.2 Å². The second kappa shape index (κ2) is 17.8. The number of unbranched alkanes of at least 4 members (excludes halogenated alkanes) is 1. The highest BCUT2D eigenvalue weighted by molar-refractivity contribution is 5.81. The first-order valence-corrected chi connectivity index (χ1v) is 10.5. The molecule has 0 unspecified atom stereocenters. The summed E-state index contributed by atoms with van der Waals surface area (Å²) in [6.07, 6.45) is 3.95. The Morgan fingerprint density at radius 2 is 1.43 bits per heavy atom. The van der Waals surface area contributed by atoms with Gasteiger partial charge in [-0.3, -0.25) is 14.4 Å². The average molecular weight is 401 g/mol. The second-order valence-electron chi connectivity index (χ2n) is 7.59. The van der Waals surface area contributed by atoms with E-state index in [1.54, 1.807) is 0 Å². The van der Waals surface area contributed by atoms with Crippen LogP contribution in [0.3, 0.4) is 0 Å². The number of amides is 1. The van der Waals surface area contributed by atoms with E-state index in [1.807, 2.05) is 13.8 Å². The molecule has 2 N–H and O–H groups in total. The highest BCUT2D eigenvalue weighted by Gasteiger charge is 2.07. The summed E-state index contributed by atoms with van der Waals surface area (Å²) in [5.41, 5.74) is 0.